The third-order valence-corrected chi connectivity index (χ3v) is 13.3. The van der Waals surface area contributed by atoms with Gasteiger partial charge in [-0.3, -0.25) is 9.97 Å². The number of rotatable bonds is 6. The van der Waals surface area contributed by atoms with E-state index in [1.165, 1.54) is 77.9 Å². The number of aryl methyl sites for hydroxylation is 2. The summed E-state index contributed by atoms with van der Waals surface area (Å²) in [7, 11) is 0. The summed E-state index contributed by atoms with van der Waals surface area (Å²) in [6, 6.07) is 62.5. The smallest absolute Gasteiger partial charge is 0.0974 e. The minimum Gasteiger partial charge on any atom is -0.250 e. The van der Waals surface area contributed by atoms with Crippen molar-refractivity contribution >= 4 is 21.8 Å². The number of aromatic nitrogens is 2. The first kappa shape index (κ1) is 34.6. The fourth-order valence-electron chi connectivity index (χ4n) is 10.6. The molecule has 0 saturated carbocycles. The average Bonchev–Trinajstić information content (AvgIpc) is 3.80. The number of hydrogen-bond acceptors (Lipinski definition) is 2. The van der Waals surface area contributed by atoms with E-state index in [2.05, 4.69) is 198 Å². The molecule has 0 N–H and O–H groups in total. The summed E-state index contributed by atoms with van der Waals surface area (Å²) in [5.41, 5.74) is 22.5. The topological polar surface area (TPSA) is 25.8 Å². The van der Waals surface area contributed by atoms with E-state index in [0.717, 1.165) is 33.2 Å². The van der Waals surface area contributed by atoms with Crippen LogP contribution in [0.1, 0.15) is 82.3 Å². The molecule has 4 atom stereocenters. The summed E-state index contributed by atoms with van der Waals surface area (Å²) in [5.74, 6) is 0.585. The Hall–Kier alpha value is -6.64. The summed E-state index contributed by atoms with van der Waals surface area (Å²) in [4.78, 5) is 11.5. The molecule has 2 nitrogen and oxygen atoms in total. The second-order valence-electron chi connectivity index (χ2n) is 16.6. The van der Waals surface area contributed by atoms with Crippen molar-refractivity contribution in [3.05, 3.63) is 215 Å². The van der Waals surface area contributed by atoms with Crippen molar-refractivity contribution in [2.45, 2.75) is 51.4 Å². The van der Waals surface area contributed by atoms with Gasteiger partial charge in [0.05, 0.1) is 11.0 Å². The van der Waals surface area contributed by atoms with Gasteiger partial charge in [-0.1, -0.05) is 172 Å². The Labute approximate surface area is 340 Å². The van der Waals surface area contributed by atoms with Crippen LogP contribution in [0, 0.1) is 13.8 Å². The van der Waals surface area contributed by atoms with Crippen LogP contribution in [0.25, 0.3) is 66.3 Å². The predicted octanol–water partition coefficient (Wildman–Crippen LogP) is 14.6. The Morgan fingerprint density at radius 3 is 1.19 bits per heavy atom. The van der Waals surface area contributed by atoms with Gasteiger partial charge in [0, 0.05) is 45.8 Å². The molecule has 2 heteroatoms. The molecule has 58 heavy (non-hydrogen) atoms. The standard InChI is InChI=1S/C56H44N2/c1-33-17-15-27-41-39-23-11-13-25-43(39)53(51(33)41)35(3)49-31-47(37-19-7-5-8-20-37)45-29-30-46-48(38-21-9-6-10-22-38)32-50(58-56(46)55(45)57-49)36(4)54-44-26-14-12-24-40(44)42-28-16-18-34(2)52(42)54/h5-32,35-36,53-54H,1-4H3. The highest BCUT2D eigenvalue weighted by Gasteiger charge is 2.37. The summed E-state index contributed by atoms with van der Waals surface area (Å²) in [6.07, 6.45) is 0. The fourth-order valence-corrected chi connectivity index (χ4v) is 10.6. The molecule has 4 unspecified atom stereocenters. The molecule has 2 heterocycles. The number of hydrogen-bond donors (Lipinski definition) is 0. The molecule has 0 amide bonds. The van der Waals surface area contributed by atoms with Crippen LogP contribution in [-0.2, 0) is 0 Å². The molecule has 0 radical (unpaired) electrons. The van der Waals surface area contributed by atoms with E-state index in [1.54, 1.807) is 0 Å². The molecule has 2 aliphatic carbocycles. The molecule has 0 spiro atoms. The number of nitrogens with zero attached hydrogens (tertiary/aromatic N) is 2. The van der Waals surface area contributed by atoms with Crippen LogP contribution < -0.4 is 0 Å². The number of fused-ring (bicyclic) bond motifs is 9. The minimum absolute atomic E-state index is 0.107. The van der Waals surface area contributed by atoms with Gasteiger partial charge in [-0.05, 0) is 104 Å². The van der Waals surface area contributed by atoms with Gasteiger partial charge in [-0.2, -0.15) is 0 Å². The van der Waals surface area contributed by atoms with Crippen LogP contribution in [0.5, 0.6) is 0 Å². The van der Waals surface area contributed by atoms with Crippen molar-refractivity contribution in [1.29, 1.82) is 0 Å². The molecule has 11 rings (SSSR count). The Balaban J connectivity index is 1.18. The van der Waals surface area contributed by atoms with Crippen molar-refractivity contribution in [3.63, 3.8) is 0 Å². The van der Waals surface area contributed by atoms with E-state index in [0.29, 0.717) is 0 Å². The maximum absolute atomic E-state index is 5.77. The molecule has 2 aromatic heterocycles. The average molecular weight is 745 g/mol. The zero-order valence-corrected chi connectivity index (χ0v) is 33.4. The third-order valence-electron chi connectivity index (χ3n) is 13.3. The van der Waals surface area contributed by atoms with Gasteiger partial charge in [-0.15, -0.1) is 0 Å². The highest BCUT2D eigenvalue weighted by Crippen LogP contribution is 2.54. The van der Waals surface area contributed by atoms with Gasteiger partial charge in [0.25, 0.3) is 0 Å². The van der Waals surface area contributed by atoms with E-state index in [1.807, 2.05) is 0 Å². The van der Waals surface area contributed by atoms with E-state index < -0.39 is 0 Å². The van der Waals surface area contributed by atoms with E-state index >= 15 is 0 Å². The number of benzene rings is 7. The molecule has 9 aromatic rings. The van der Waals surface area contributed by atoms with Gasteiger partial charge < -0.3 is 0 Å². The van der Waals surface area contributed by atoms with Crippen LogP contribution in [0.4, 0.5) is 0 Å². The van der Waals surface area contributed by atoms with Crippen LogP contribution in [0.2, 0.25) is 0 Å². The molecule has 278 valence electrons. The Bertz CT molecular complexity index is 2860. The van der Waals surface area contributed by atoms with Crippen LogP contribution in [0.3, 0.4) is 0 Å². The first-order valence-electron chi connectivity index (χ1n) is 20.7. The summed E-state index contributed by atoms with van der Waals surface area (Å²) >= 11 is 0. The van der Waals surface area contributed by atoms with Gasteiger partial charge in [-0.25, -0.2) is 0 Å². The van der Waals surface area contributed by atoms with Crippen molar-refractivity contribution < 1.29 is 0 Å². The van der Waals surface area contributed by atoms with Gasteiger partial charge in [0.15, 0.2) is 0 Å². The summed E-state index contributed by atoms with van der Waals surface area (Å²) < 4.78 is 0. The van der Waals surface area contributed by atoms with Crippen molar-refractivity contribution in [2.24, 2.45) is 0 Å². The van der Waals surface area contributed by atoms with Gasteiger partial charge >= 0.3 is 0 Å². The Kier molecular flexibility index (Phi) is 8.05. The molecular weight excluding hydrogens is 701 g/mol. The molecule has 7 aromatic carbocycles. The largest absolute Gasteiger partial charge is 0.250 e. The SMILES string of the molecule is Cc1cccc2c1C(C(C)c1cc(-c3ccccc3)c3ccc4c(-c5ccccc5)cc(C(C)C5c6ccccc6-c6cccc(C)c65)nc4c3n1)c1ccccc1-2. The molecule has 0 fully saturated rings. The number of pyridine rings is 2. The summed E-state index contributed by atoms with van der Waals surface area (Å²) in [5, 5.41) is 2.25. The Morgan fingerprint density at radius 1 is 0.379 bits per heavy atom. The lowest BCUT2D eigenvalue weighted by Gasteiger charge is -2.25. The second kappa shape index (κ2) is 13.5. The molecule has 2 aliphatic rings. The highest BCUT2D eigenvalue weighted by atomic mass is 14.8. The Morgan fingerprint density at radius 2 is 0.759 bits per heavy atom. The fraction of sp³-hybridized carbons (Fsp3) is 0.143. The third kappa shape index (κ3) is 5.24. The molecule has 0 saturated heterocycles. The molecular formula is C56H44N2. The quantitative estimate of drug-likeness (QED) is 0.158. The molecule has 0 aliphatic heterocycles. The van der Waals surface area contributed by atoms with Crippen molar-refractivity contribution in [3.8, 4) is 44.5 Å². The first-order chi connectivity index (χ1) is 28.5. The first-order valence-corrected chi connectivity index (χ1v) is 20.7. The molecule has 0 bridgehead atoms. The van der Waals surface area contributed by atoms with Crippen LogP contribution in [0.15, 0.2) is 170 Å². The predicted molar refractivity (Wildman–Crippen MR) is 242 cm³/mol. The zero-order valence-electron chi connectivity index (χ0n) is 33.4. The highest BCUT2D eigenvalue weighted by molar-refractivity contribution is 6.12. The lowest BCUT2D eigenvalue weighted by molar-refractivity contribution is 0.649. The van der Waals surface area contributed by atoms with Crippen molar-refractivity contribution in [2.75, 3.05) is 0 Å². The van der Waals surface area contributed by atoms with Gasteiger partial charge in [0.2, 0.25) is 0 Å². The van der Waals surface area contributed by atoms with E-state index in [-0.39, 0.29) is 23.7 Å². The van der Waals surface area contributed by atoms with E-state index in [9.17, 15) is 0 Å². The lowest BCUT2D eigenvalue weighted by Crippen LogP contribution is -2.12. The monoisotopic (exact) mass is 744 g/mol. The lowest BCUT2D eigenvalue weighted by atomic mass is 9.80. The maximum Gasteiger partial charge on any atom is 0.0974 e. The van der Waals surface area contributed by atoms with Crippen LogP contribution >= 0.6 is 0 Å². The normalized spacial score (nSPS) is 16.1. The van der Waals surface area contributed by atoms with Crippen molar-refractivity contribution in [1.82, 2.24) is 9.97 Å². The van der Waals surface area contributed by atoms with Crippen LogP contribution in [-0.4, -0.2) is 9.97 Å². The zero-order chi connectivity index (χ0) is 39.1. The summed E-state index contributed by atoms with van der Waals surface area (Å²) in [6.45, 7) is 9.29. The minimum atomic E-state index is 0.107. The second-order valence-corrected chi connectivity index (χ2v) is 16.6. The maximum atomic E-state index is 5.77. The van der Waals surface area contributed by atoms with Gasteiger partial charge in [0.1, 0.15) is 0 Å². The van der Waals surface area contributed by atoms with E-state index in [4.69, 9.17) is 9.97 Å².